The molecule has 0 spiro atoms. The second-order valence-corrected chi connectivity index (χ2v) is 13.9. The van der Waals surface area contributed by atoms with Crippen molar-refractivity contribution in [1.82, 2.24) is 20.9 Å². The molecule has 2 saturated heterocycles. The summed E-state index contributed by atoms with van der Waals surface area (Å²) in [5, 5.41) is 24.2. The minimum absolute atomic E-state index is 0.0344. The van der Waals surface area contributed by atoms with Gasteiger partial charge in [-0.3, -0.25) is 4.90 Å². The Hall–Kier alpha value is -4.06. The number of likely N-dealkylation sites (tertiary alicyclic amines) is 1. The lowest BCUT2D eigenvalue weighted by Crippen LogP contribution is -2.39. The van der Waals surface area contributed by atoms with Gasteiger partial charge in [-0.15, -0.1) is 0 Å². The number of primary sulfonamides is 2. The molecular formula is C29H38N8O6S2. The molecule has 45 heavy (non-hydrogen) atoms. The number of rotatable bonds is 8. The second-order valence-electron chi connectivity index (χ2n) is 10.7. The molecule has 242 valence electrons. The Morgan fingerprint density at radius 3 is 1.82 bits per heavy atom. The van der Waals surface area contributed by atoms with Crippen LogP contribution in [0.2, 0.25) is 0 Å². The average molecular weight is 659 g/mol. The van der Waals surface area contributed by atoms with Gasteiger partial charge in [-0.1, -0.05) is 42.5 Å². The molecule has 0 aromatic heterocycles. The lowest BCUT2D eigenvalue weighted by atomic mass is 10.2. The lowest BCUT2D eigenvalue weighted by Gasteiger charge is -2.17. The van der Waals surface area contributed by atoms with E-state index < -0.39 is 20.0 Å². The predicted octanol–water partition coefficient (Wildman–Crippen LogP) is 1.55. The molecule has 2 heterocycles. The molecule has 0 aliphatic carbocycles. The van der Waals surface area contributed by atoms with Crippen molar-refractivity contribution in [2.24, 2.45) is 10.3 Å². The molecule has 4 amide bonds. The highest BCUT2D eigenvalue weighted by Gasteiger charge is 2.24. The third-order valence-corrected chi connectivity index (χ3v) is 8.92. The third kappa shape index (κ3) is 11.1. The maximum Gasteiger partial charge on any atom is 0.319 e. The zero-order valence-electron chi connectivity index (χ0n) is 24.5. The molecule has 3 aromatic carbocycles. The van der Waals surface area contributed by atoms with Crippen LogP contribution >= 0.6 is 0 Å². The van der Waals surface area contributed by atoms with Crippen molar-refractivity contribution in [3.05, 3.63) is 84.4 Å². The number of nitrogens with one attached hydrogen (secondary N) is 5. The van der Waals surface area contributed by atoms with Gasteiger partial charge in [-0.05, 0) is 61.3 Å². The summed E-state index contributed by atoms with van der Waals surface area (Å²) in [6.45, 7) is 4.17. The van der Waals surface area contributed by atoms with Crippen molar-refractivity contribution in [1.29, 1.82) is 0 Å². The highest BCUT2D eigenvalue weighted by Crippen LogP contribution is 2.17. The molecule has 9 N–H and O–H groups in total. The molecule has 2 atom stereocenters. The molecule has 3 aromatic rings. The predicted molar refractivity (Wildman–Crippen MR) is 171 cm³/mol. The van der Waals surface area contributed by atoms with Crippen LogP contribution in [0.4, 0.5) is 21.0 Å². The van der Waals surface area contributed by atoms with Crippen LogP contribution in [-0.2, 0) is 26.6 Å². The molecule has 0 unspecified atom stereocenters. The molecule has 5 rings (SSSR count). The van der Waals surface area contributed by atoms with Gasteiger partial charge in [0.05, 0.1) is 9.79 Å². The molecule has 14 nitrogen and oxygen atoms in total. The normalized spacial score (nSPS) is 18.4. The van der Waals surface area contributed by atoms with E-state index in [1.165, 1.54) is 42.0 Å². The number of anilines is 2. The Bertz CT molecular complexity index is 1680. The Kier molecular flexibility index (Phi) is 11.5. The van der Waals surface area contributed by atoms with Gasteiger partial charge in [0, 0.05) is 49.6 Å². The summed E-state index contributed by atoms with van der Waals surface area (Å²) in [5.41, 5.74) is 2.01. The van der Waals surface area contributed by atoms with Gasteiger partial charge >= 0.3 is 12.1 Å². The van der Waals surface area contributed by atoms with Crippen LogP contribution in [0.1, 0.15) is 18.4 Å². The maximum absolute atomic E-state index is 12.2. The molecule has 2 aliphatic heterocycles. The van der Waals surface area contributed by atoms with E-state index in [2.05, 4.69) is 43.6 Å². The Balaban J connectivity index is 0.000000215. The zero-order valence-corrected chi connectivity index (χ0v) is 26.1. The van der Waals surface area contributed by atoms with Gasteiger partial charge in [-0.2, -0.15) is 0 Å². The standard InChI is InChI=1S/C18H22N4O3S.C11H16N4O3S/c19-26(24,25)17-8-4-7-15(11-17)20-18(23)21-16-9-10-22(13-16)12-14-5-2-1-3-6-14;12-19(17,18)10-3-1-2-8(6-10)14-11(16)15-9-4-5-13-7-9/h1-8,11,16H,9-10,12-13H2,(H2,19,24,25)(H2,20,21,23);1-3,6,9,13H,4-5,7H2,(H2,12,17,18)(H2,14,15,16)/t16-;9-/m11/s1. The van der Waals surface area contributed by atoms with E-state index in [1.807, 2.05) is 18.2 Å². The van der Waals surface area contributed by atoms with E-state index in [4.69, 9.17) is 10.3 Å². The monoisotopic (exact) mass is 658 g/mol. The summed E-state index contributed by atoms with van der Waals surface area (Å²) in [6, 6.07) is 21.3. The van der Waals surface area contributed by atoms with Crippen molar-refractivity contribution in [3.8, 4) is 0 Å². The van der Waals surface area contributed by atoms with E-state index in [1.54, 1.807) is 12.1 Å². The number of nitrogens with two attached hydrogens (primary N) is 2. The fourth-order valence-electron chi connectivity index (χ4n) is 4.92. The van der Waals surface area contributed by atoms with Gasteiger partial charge in [0.1, 0.15) is 0 Å². The second kappa shape index (κ2) is 15.3. The highest BCUT2D eigenvalue weighted by atomic mass is 32.2. The van der Waals surface area contributed by atoms with Crippen LogP contribution in [0.25, 0.3) is 0 Å². The third-order valence-electron chi connectivity index (χ3n) is 7.09. The van der Waals surface area contributed by atoms with Gasteiger partial charge in [0.15, 0.2) is 0 Å². The molecule has 2 fully saturated rings. The van der Waals surface area contributed by atoms with Gasteiger partial charge in [-0.25, -0.2) is 36.7 Å². The zero-order chi connectivity index (χ0) is 32.5. The Labute approximate surface area is 263 Å². The minimum atomic E-state index is -3.80. The lowest BCUT2D eigenvalue weighted by molar-refractivity contribution is 0.247. The number of hydrogen-bond donors (Lipinski definition) is 7. The van der Waals surface area contributed by atoms with Gasteiger partial charge in [0.2, 0.25) is 20.0 Å². The number of amides is 4. The van der Waals surface area contributed by atoms with Crippen molar-refractivity contribution < 1.29 is 26.4 Å². The minimum Gasteiger partial charge on any atom is -0.334 e. The molecule has 0 radical (unpaired) electrons. The molecule has 2 aliphatic rings. The van der Waals surface area contributed by atoms with Crippen LogP contribution in [0, 0.1) is 0 Å². The van der Waals surface area contributed by atoms with E-state index in [9.17, 15) is 26.4 Å². The fraction of sp³-hybridized carbons (Fsp3) is 0.310. The molecule has 0 bridgehead atoms. The van der Waals surface area contributed by atoms with Crippen LogP contribution in [0.5, 0.6) is 0 Å². The van der Waals surface area contributed by atoms with E-state index >= 15 is 0 Å². The maximum atomic E-state index is 12.2. The van der Waals surface area contributed by atoms with Gasteiger partial charge in [0.25, 0.3) is 0 Å². The number of carbonyl (C=O) groups is 2. The number of benzene rings is 3. The first-order valence-corrected chi connectivity index (χ1v) is 17.3. The number of nitrogens with zero attached hydrogens (tertiary/aromatic N) is 1. The van der Waals surface area contributed by atoms with Crippen molar-refractivity contribution in [2.45, 2.75) is 41.3 Å². The summed E-state index contributed by atoms with van der Waals surface area (Å²) in [6.07, 6.45) is 1.75. The topological polar surface area (TPSA) is 218 Å². The number of sulfonamides is 2. The SMILES string of the molecule is NS(=O)(=O)c1cccc(NC(=O)N[C@@H]2CCN(Cc3ccccc3)C2)c1.NS(=O)(=O)c1cccc(NC(=O)N[C@@H]2CCNC2)c1. The van der Waals surface area contributed by atoms with Crippen molar-refractivity contribution in [2.75, 3.05) is 36.8 Å². The van der Waals surface area contributed by atoms with Crippen LogP contribution in [-0.4, -0.2) is 72.1 Å². The smallest absolute Gasteiger partial charge is 0.319 e. The first kappa shape index (κ1) is 33.8. The molecule has 16 heteroatoms. The summed E-state index contributed by atoms with van der Waals surface area (Å²) in [5.74, 6) is 0. The summed E-state index contributed by atoms with van der Waals surface area (Å²) in [4.78, 5) is 26.1. The number of urea groups is 2. The van der Waals surface area contributed by atoms with Gasteiger partial charge < -0.3 is 26.6 Å². The van der Waals surface area contributed by atoms with E-state index in [0.29, 0.717) is 11.4 Å². The van der Waals surface area contributed by atoms with Crippen molar-refractivity contribution >= 4 is 43.5 Å². The first-order valence-electron chi connectivity index (χ1n) is 14.2. The van der Waals surface area contributed by atoms with Crippen LogP contribution in [0.15, 0.2) is 88.7 Å². The quantitative estimate of drug-likeness (QED) is 0.188. The van der Waals surface area contributed by atoms with E-state index in [-0.39, 0.29) is 33.9 Å². The molecular weight excluding hydrogens is 621 g/mol. The van der Waals surface area contributed by atoms with E-state index in [0.717, 1.165) is 45.6 Å². The van der Waals surface area contributed by atoms with Crippen LogP contribution in [0.3, 0.4) is 0 Å². The molecule has 0 saturated carbocycles. The highest BCUT2D eigenvalue weighted by molar-refractivity contribution is 7.89. The Morgan fingerprint density at radius 2 is 1.31 bits per heavy atom. The Morgan fingerprint density at radius 1 is 0.756 bits per heavy atom. The largest absolute Gasteiger partial charge is 0.334 e. The summed E-state index contributed by atoms with van der Waals surface area (Å²) < 4.78 is 45.1. The fourth-order valence-corrected chi connectivity index (χ4v) is 6.04. The summed E-state index contributed by atoms with van der Waals surface area (Å²) >= 11 is 0. The average Bonchev–Trinajstić information content (AvgIpc) is 3.65. The number of hydrogen-bond acceptors (Lipinski definition) is 8. The summed E-state index contributed by atoms with van der Waals surface area (Å²) in [7, 11) is -7.56. The number of carbonyl (C=O) groups excluding carboxylic acids is 2. The van der Waals surface area contributed by atoms with Crippen molar-refractivity contribution in [3.63, 3.8) is 0 Å². The first-order chi connectivity index (χ1) is 21.3. The van der Waals surface area contributed by atoms with Crippen LogP contribution < -0.4 is 36.9 Å².